The highest BCUT2D eigenvalue weighted by Crippen LogP contribution is 2.37. The third-order valence-corrected chi connectivity index (χ3v) is 3.62. The molecule has 2 aromatic carbocycles. The van der Waals surface area contributed by atoms with Crippen molar-refractivity contribution in [2.24, 2.45) is 0 Å². The molecule has 4 nitrogen and oxygen atoms in total. The number of halogens is 6. The molecular weight excluding hydrogens is 388 g/mol. The average Bonchev–Trinajstić information content (AvgIpc) is 2.60. The number of hydrogen-bond acceptors (Lipinski definition) is 3. The number of alkyl halides is 6. The van der Waals surface area contributed by atoms with Gasteiger partial charge in [0.1, 0.15) is 6.04 Å². The van der Waals surface area contributed by atoms with E-state index in [-0.39, 0.29) is 17.3 Å². The predicted molar refractivity (Wildman–Crippen MR) is 89.3 cm³/mol. The topological polar surface area (TPSA) is 64.9 Å². The molecule has 2 rings (SSSR count). The van der Waals surface area contributed by atoms with Gasteiger partial charge in [0.15, 0.2) is 0 Å². The fourth-order valence-electron chi connectivity index (χ4n) is 2.27. The molecule has 0 fully saturated rings. The van der Waals surface area contributed by atoms with E-state index in [1.54, 1.807) is 0 Å². The summed E-state index contributed by atoms with van der Waals surface area (Å²) in [5.41, 5.74) is -2.95. The smallest absolute Gasteiger partial charge is 0.374 e. The zero-order valence-electron chi connectivity index (χ0n) is 14.2. The van der Waals surface area contributed by atoms with Crippen LogP contribution in [0, 0.1) is 11.3 Å². The number of carbonyl (C=O) groups excluding carboxylic acids is 1. The van der Waals surface area contributed by atoms with Gasteiger partial charge in [-0.05, 0) is 43.3 Å². The van der Waals surface area contributed by atoms with Gasteiger partial charge in [0.05, 0.1) is 22.8 Å². The summed E-state index contributed by atoms with van der Waals surface area (Å²) in [6.45, 7) is 1.27. The van der Waals surface area contributed by atoms with Crippen LogP contribution < -0.4 is 10.6 Å². The second-order valence-corrected chi connectivity index (χ2v) is 5.84. The van der Waals surface area contributed by atoms with Crippen LogP contribution in [0.25, 0.3) is 0 Å². The van der Waals surface area contributed by atoms with Crippen molar-refractivity contribution in [3.63, 3.8) is 0 Å². The van der Waals surface area contributed by atoms with Crippen LogP contribution in [0.2, 0.25) is 0 Å². The molecule has 0 aliphatic heterocycles. The Balaban J connectivity index is 2.23. The molecule has 10 heteroatoms. The molecule has 1 atom stereocenters. The maximum Gasteiger partial charge on any atom is 0.416 e. The number of nitrogens with one attached hydrogen (secondary N) is 2. The number of nitrogens with zero attached hydrogens (tertiary/aromatic N) is 1. The Bertz CT molecular complexity index is 883. The third kappa shape index (κ3) is 5.39. The van der Waals surface area contributed by atoms with Gasteiger partial charge < -0.3 is 10.6 Å². The van der Waals surface area contributed by atoms with Crippen LogP contribution in [0.4, 0.5) is 37.7 Å². The Labute approximate surface area is 155 Å². The molecule has 148 valence electrons. The molecule has 28 heavy (non-hydrogen) atoms. The molecule has 0 aliphatic carbocycles. The lowest BCUT2D eigenvalue weighted by Crippen LogP contribution is -2.32. The summed E-state index contributed by atoms with van der Waals surface area (Å²) < 4.78 is 77.3. The number of benzene rings is 2. The van der Waals surface area contributed by atoms with Gasteiger partial charge in [0, 0.05) is 11.4 Å². The van der Waals surface area contributed by atoms with Crippen molar-refractivity contribution in [3.8, 4) is 6.07 Å². The second-order valence-electron chi connectivity index (χ2n) is 5.84. The van der Waals surface area contributed by atoms with Crippen LogP contribution in [0.3, 0.4) is 0 Å². The largest absolute Gasteiger partial charge is 0.416 e. The first-order valence-corrected chi connectivity index (χ1v) is 7.77. The molecule has 0 bridgehead atoms. The Morgan fingerprint density at radius 2 is 1.54 bits per heavy atom. The van der Waals surface area contributed by atoms with E-state index in [4.69, 9.17) is 5.26 Å². The fraction of sp³-hybridized carbons (Fsp3) is 0.222. The number of nitriles is 1. The number of hydrogen-bond donors (Lipinski definition) is 2. The maximum atomic E-state index is 12.9. The Kier molecular flexibility index (Phi) is 5.87. The first-order valence-electron chi connectivity index (χ1n) is 7.77. The number of rotatable bonds is 4. The van der Waals surface area contributed by atoms with Crippen LogP contribution in [0.1, 0.15) is 23.6 Å². The van der Waals surface area contributed by atoms with Gasteiger partial charge in [-0.1, -0.05) is 6.07 Å². The van der Waals surface area contributed by atoms with Gasteiger partial charge in [-0.25, -0.2) is 0 Å². The van der Waals surface area contributed by atoms with E-state index < -0.39 is 41.1 Å². The highest BCUT2D eigenvalue weighted by molar-refractivity contribution is 5.96. The summed E-state index contributed by atoms with van der Waals surface area (Å²) in [5, 5.41) is 13.6. The molecule has 1 amide bonds. The van der Waals surface area contributed by atoms with E-state index in [1.807, 2.05) is 6.07 Å². The quantitative estimate of drug-likeness (QED) is 0.706. The fourth-order valence-corrected chi connectivity index (χ4v) is 2.27. The predicted octanol–water partition coefficient (Wildman–Crippen LogP) is 5.03. The van der Waals surface area contributed by atoms with E-state index in [2.05, 4.69) is 10.6 Å². The third-order valence-electron chi connectivity index (χ3n) is 3.62. The van der Waals surface area contributed by atoms with Crippen molar-refractivity contribution < 1.29 is 31.1 Å². The molecule has 0 aliphatic rings. The number of amides is 1. The van der Waals surface area contributed by atoms with Crippen LogP contribution >= 0.6 is 0 Å². The highest BCUT2D eigenvalue weighted by atomic mass is 19.4. The minimum Gasteiger partial charge on any atom is -0.374 e. The zero-order chi connectivity index (χ0) is 21.1. The molecule has 2 aromatic rings. The molecule has 0 heterocycles. The molecule has 0 aromatic heterocycles. The summed E-state index contributed by atoms with van der Waals surface area (Å²) >= 11 is 0. The second kappa shape index (κ2) is 7.80. The van der Waals surface area contributed by atoms with Crippen LogP contribution in [0.5, 0.6) is 0 Å². The van der Waals surface area contributed by atoms with Gasteiger partial charge in [0.2, 0.25) is 5.91 Å². The summed E-state index contributed by atoms with van der Waals surface area (Å²) in [6, 6.07) is 7.57. The van der Waals surface area contributed by atoms with Crippen molar-refractivity contribution >= 4 is 17.3 Å². The Hall–Kier alpha value is -3.22. The van der Waals surface area contributed by atoms with Crippen LogP contribution in [0.15, 0.2) is 42.5 Å². The summed E-state index contributed by atoms with van der Waals surface area (Å²) in [4.78, 5) is 12.2. The minimum atomic E-state index is -4.99. The lowest BCUT2D eigenvalue weighted by molar-refractivity contribution is -0.143. The molecule has 2 N–H and O–H groups in total. The molecule has 0 saturated carbocycles. The molecular formula is C18H13F6N3O. The Morgan fingerprint density at radius 1 is 0.964 bits per heavy atom. The van der Waals surface area contributed by atoms with Crippen molar-refractivity contribution in [2.45, 2.75) is 25.3 Å². The number of carbonyl (C=O) groups is 1. The molecule has 0 spiro atoms. The summed E-state index contributed by atoms with van der Waals surface area (Å²) in [6.07, 6.45) is -9.97. The van der Waals surface area contributed by atoms with E-state index in [1.165, 1.54) is 31.2 Å². The summed E-state index contributed by atoms with van der Waals surface area (Å²) in [5.74, 6) is -0.707. The SMILES string of the molecule is C[C@@H](Nc1cc(C(F)(F)F)cc(C(F)(F)F)c1)C(=O)Nc1cccc(C#N)c1. The monoisotopic (exact) mass is 401 g/mol. The lowest BCUT2D eigenvalue weighted by atomic mass is 10.1. The van der Waals surface area contributed by atoms with E-state index >= 15 is 0 Å². The molecule has 0 unspecified atom stereocenters. The molecule has 0 radical (unpaired) electrons. The van der Waals surface area contributed by atoms with Gasteiger partial charge in [0.25, 0.3) is 0 Å². The highest BCUT2D eigenvalue weighted by Gasteiger charge is 2.37. The van der Waals surface area contributed by atoms with Gasteiger partial charge in [-0.3, -0.25) is 4.79 Å². The summed E-state index contributed by atoms with van der Waals surface area (Å²) in [7, 11) is 0. The maximum absolute atomic E-state index is 12.9. The normalized spacial score (nSPS) is 12.8. The van der Waals surface area contributed by atoms with Crippen molar-refractivity contribution in [1.29, 1.82) is 5.26 Å². The molecule has 0 saturated heterocycles. The van der Waals surface area contributed by atoms with Gasteiger partial charge in [-0.15, -0.1) is 0 Å². The lowest BCUT2D eigenvalue weighted by Gasteiger charge is -2.18. The first-order chi connectivity index (χ1) is 12.9. The first kappa shape index (κ1) is 21.1. The Morgan fingerprint density at radius 3 is 2.04 bits per heavy atom. The van der Waals surface area contributed by atoms with Crippen molar-refractivity contribution in [2.75, 3.05) is 10.6 Å². The van der Waals surface area contributed by atoms with Crippen LogP contribution in [-0.4, -0.2) is 11.9 Å². The van der Waals surface area contributed by atoms with Crippen molar-refractivity contribution in [3.05, 3.63) is 59.2 Å². The van der Waals surface area contributed by atoms with E-state index in [9.17, 15) is 31.1 Å². The van der Waals surface area contributed by atoms with Gasteiger partial charge in [-0.2, -0.15) is 31.6 Å². The number of anilines is 2. The van der Waals surface area contributed by atoms with E-state index in [0.717, 1.165) is 0 Å². The standard InChI is InChI=1S/C18H13F6N3O/c1-10(16(28)27-14-4-2-3-11(5-14)9-25)26-15-7-12(17(19,20)21)6-13(8-15)18(22,23)24/h2-8,10,26H,1H3,(H,27,28)/t10-/m1/s1. The average molecular weight is 401 g/mol. The minimum absolute atomic E-state index is 0.00328. The van der Waals surface area contributed by atoms with Crippen LogP contribution in [-0.2, 0) is 17.1 Å². The van der Waals surface area contributed by atoms with Gasteiger partial charge >= 0.3 is 12.4 Å². The zero-order valence-corrected chi connectivity index (χ0v) is 14.2. The van der Waals surface area contributed by atoms with Crippen molar-refractivity contribution in [1.82, 2.24) is 0 Å². The van der Waals surface area contributed by atoms with E-state index in [0.29, 0.717) is 12.1 Å².